The van der Waals surface area contributed by atoms with E-state index in [0.717, 1.165) is 33.6 Å². The van der Waals surface area contributed by atoms with Gasteiger partial charge in [-0.05, 0) is 46.8 Å². The molecule has 1 fully saturated rings. The first kappa shape index (κ1) is 28.7. The smallest absolute Gasteiger partial charge is 0.338 e. The van der Waals surface area contributed by atoms with Crippen LogP contribution in [0.3, 0.4) is 0 Å². The number of benzene rings is 2. The molecule has 2 aliphatic rings. The Balaban J connectivity index is 1.55. The summed E-state index contributed by atoms with van der Waals surface area (Å²) in [6.07, 6.45) is 3.75. The van der Waals surface area contributed by atoms with E-state index in [1.54, 1.807) is 29.3 Å². The zero-order valence-electron chi connectivity index (χ0n) is 23.0. The first-order valence-electron chi connectivity index (χ1n) is 13.5. The zero-order valence-corrected chi connectivity index (χ0v) is 26.3. The number of thioether (sulfide) groups is 1. The van der Waals surface area contributed by atoms with Crippen LogP contribution in [0.15, 0.2) is 89.8 Å². The quantitative estimate of drug-likeness (QED) is 0.206. The maximum Gasteiger partial charge on any atom is 0.338 e. The third-order valence-corrected chi connectivity index (χ3v) is 9.36. The average molecular weight is 667 g/mol. The van der Waals surface area contributed by atoms with Gasteiger partial charge in [0, 0.05) is 35.7 Å². The van der Waals surface area contributed by atoms with E-state index in [0.29, 0.717) is 45.5 Å². The Bertz CT molecular complexity index is 1820. The number of rotatable bonds is 7. The van der Waals surface area contributed by atoms with Gasteiger partial charge >= 0.3 is 5.97 Å². The lowest BCUT2D eigenvalue weighted by Gasteiger charge is -2.26. The van der Waals surface area contributed by atoms with E-state index in [9.17, 15) is 9.59 Å². The van der Waals surface area contributed by atoms with Crippen molar-refractivity contribution in [3.63, 3.8) is 0 Å². The lowest BCUT2D eigenvalue weighted by molar-refractivity contribution is -0.138. The Morgan fingerprint density at radius 3 is 2.60 bits per heavy atom. The van der Waals surface area contributed by atoms with Gasteiger partial charge in [-0.1, -0.05) is 53.8 Å². The molecular formula is C31H28BrN3O5S2. The van der Waals surface area contributed by atoms with Crippen molar-refractivity contribution in [2.24, 2.45) is 4.99 Å². The molecule has 0 N–H and O–H groups in total. The number of fused-ring (bicyclic) bond motifs is 1. The number of nitrogens with zero attached hydrogens (tertiary/aromatic N) is 3. The molecule has 6 rings (SSSR count). The first-order valence-corrected chi connectivity index (χ1v) is 16.4. The monoisotopic (exact) mass is 665 g/mol. The summed E-state index contributed by atoms with van der Waals surface area (Å²) in [4.78, 5) is 36.3. The van der Waals surface area contributed by atoms with E-state index < -0.39 is 12.0 Å². The Labute approximate surface area is 259 Å². The minimum absolute atomic E-state index is 0.200. The topological polar surface area (TPSA) is 86.3 Å². The normalized spacial score (nSPS) is 17.3. The van der Waals surface area contributed by atoms with E-state index in [2.05, 4.69) is 20.8 Å². The summed E-state index contributed by atoms with van der Waals surface area (Å²) in [7, 11) is 0. The Kier molecular flexibility index (Phi) is 8.53. The summed E-state index contributed by atoms with van der Waals surface area (Å²) in [5, 5.41) is 0. The fourth-order valence-corrected chi connectivity index (χ4v) is 7.05. The van der Waals surface area contributed by atoms with Gasteiger partial charge in [-0.2, -0.15) is 0 Å². The number of halogens is 1. The first-order chi connectivity index (χ1) is 20.5. The van der Waals surface area contributed by atoms with Crippen molar-refractivity contribution in [1.29, 1.82) is 0 Å². The number of hydrogen-bond donors (Lipinski definition) is 0. The van der Waals surface area contributed by atoms with Gasteiger partial charge in [-0.15, -0.1) is 11.8 Å². The van der Waals surface area contributed by atoms with Crippen molar-refractivity contribution >= 4 is 62.7 Å². The van der Waals surface area contributed by atoms with Crippen LogP contribution in [-0.4, -0.2) is 49.7 Å². The summed E-state index contributed by atoms with van der Waals surface area (Å²) in [5.41, 5.74) is 2.13. The highest BCUT2D eigenvalue weighted by atomic mass is 79.9. The molecular weight excluding hydrogens is 638 g/mol. The van der Waals surface area contributed by atoms with Gasteiger partial charge in [0.1, 0.15) is 5.76 Å². The van der Waals surface area contributed by atoms with Gasteiger partial charge in [-0.3, -0.25) is 9.36 Å². The summed E-state index contributed by atoms with van der Waals surface area (Å²) in [6, 6.07) is 18.6. The average Bonchev–Trinajstić information content (AvgIpc) is 3.55. The third kappa shape index (κ3) is 5.54. The highest BCUT2D eigenvalue weighted by Gasteiger charge is 2.35. The van der Waals surface area contributed by atoms with E-state index in [1.165, 1.54) is 11.3 Å². The van der Waals surface area contributed by atoms with Crippen LogP contribution in [0.2, 0.25) is 0 Å². The maximum absolute atomic E-state index is 14.1. The number of esters is 1. The number of ether oxygens (including phenoxy) is 2. The maximum atomic E-state index is 14.1. The van der Waals surface area contributed by atoms with Crippen LogP contribution in [0.1, 0.15) is 29.9 Å². The van der Waals surface area contributed by atoms with E-state index in [4.69, 9.17) is 18.9 Å². The third-order valence-electron chi connectivity index (χ3n) is 7.06. The van der Waals surface area contributed by atoms with E-state index in [-0.39, 0.29) is 12.2 Å². The molecule has 0 spiro atoms. The van der Waals surface area contributed by atoms with Crippen molar-refractivity contribution in [2.45, 2.75) is 17.9 Å². The highest BCUT2D eigenvalue weighted by molar-refractivity contribution is 9.10. The number of aromatic nitrogens is 1. The molecule has 1 atom stereocenters. The van der Waals surface area contributed by atoms with Crippen LogP contribution in [0.25, 0.3) is 11.8 Å². The minimum atomic E-state index is -0.721. The molecule has 8 nitrogen and oxygen atoms in total. The van der Waals surface area contributed by atoms with Crippen molar-refractivity contribution < 1.29 is 18.7 Å². The Morgan fingerprint density at radius 1 is 1.17 bits per heavy atom. The molecule has 4 aromatic rings. The molecule has 42 heavy (non-hydrogen) atoms. The van der Waals surface area contributed by atoms with Gasteiger partial charge in [-0.25, -0.2) is 9.79 Å². The molecule has 0 bridgehead atoms. The number of morpholine rings is 1. The van der Waals surface area contributed by atoms with Gasteiger partial charge < -0.3 is 18.8 Å². The number of thiazole rings is 1. The zero-order chi connectivity index (χ0) is 29.2. The lowest BCUT2D eigenvalue weighted by atomic mass is 9.93. The second-order valence-electron chi connectivity index (χ2n) is 9.61. The second-order valence-corrected chi connectivity index (χ2v) is 12.3. The van der Waals surface area contributed by atoms with Gasteiger partial charge in [0.15, 0.2) is 4.80 Å². The lowest BCUT2D eigenvalue weighted by Crippen LogP contribution is -2.40. The standard InChI is InChI=1S/C31H28BrN3O5S2/c1-3-39-30(37)25-26(19-7-5-4-6-8-19)33-31-35(27(25)20-9-11-22(41-2)12-10-20)28(36)24(42-31)18-21-17-23(32)29(40-21)34-13-15-38-16-14-34/h4-12,17-18,27H,3,13-16H2,1-2H3/t27-/m0/s1. The highest BCUT2D eigenvalue weighted by Crippen LogP contribution is 2.36. The number of carbonyl (C=O) groups excluding carboxylic acids is 1. The number of carbonyl (C=O) groups is 1. The summed E-state index contributed by atoms with van der Waals surface area (Å²) < 4.78 is 20.1. The van der Waals surface area contributed by atoms with Crippen LogP contribution in [0, 0.1) is 0 Å². The van der Waals surface area contributed by atoms with Crippen LogP contribution >= 0.6 is 39.0 Å². The molecule has 2 aliphatic heterocycles. The van der Waals surface area contributed by atoms with Crippen molar-refractivity contribution in [1.82, 2.24) is 4.57 Å². The van der Waals surface area contributed by atoms with Crippen molar-refractivity contribution in [3.8, 4) is 0 Å². The summed E-state index contributed by atoms with van der Waals surface area (Å²) >= 11 is 6.51. The van der Waals surface area contributed by atoms with Gasteiger partial charge in [0.25, 0.3) is 5.56 Å². The Morgan fingerprint density at radius 2 is 1.90 bits per heavy atom. The van der Waals surface area contributed by atoms with Crippen LogP contribution in [-0.2, 0) is 14.3 Å². The van der Waals surface area contributed by atoms with Crippen molar-refractivity contribution in [3.05, 3.63) is 107 Å². The molecule has 0 aliphatic carbocycles. The minimum Gasteiger partial charge on any atom is -0.463 e. The molecule has 0 amide bonds. The van der Waals surface area contributed by atoms with Gasteiger partial charge in [0.2, 0.25) is 5.88 Å². The van der Waals surface area contributed by atoms with E-state index in [1.807, 2.05) is 66.9 Å². The second kappa shape index (κ2) is 12.5. The van der Waals surface area contributed by atoms with Crippen LogP contribution in [0.5, 0.6) is 0 Å². The molecule has 2 aromatic carbocycles. The Hall–Kier alpha value is -3.38. The molecule has 2 aromatic heterocycles. The van der Waals surface area contributed by atoms with Gasteiger partial charge in [0.05, 0.1) is 46.1 Å². The molecule has 0 unspecified atom stereocenters. The number of hydrogen-bond acceptors (Lipinski definition) is 9. The molecule has 0 saturated carbocycles. The van der Waals surface area contributed by atoms with Crippen LogP contribution < -0.4 is 19.8 Å². The summed E-state index contributed by atoms with van der Waals surface area (Å²) in [5.74, 6) is 0.751. The molecule has 4 heterocycles. The van der Waals surface area contributed by atoms with Crippen molar-refractivity contribution in [2.75, 3.05) is 44.1 Å². The molecule has 0 radical (unpaired) electrons. The SMILES string of the molecule is CCOC(=O)C1=C(c2ccccc2)N=c2sc(=Cc3cc(Br)c(N4CCOCC4)o3)c(=O)n2[C@H]1c1ccc(SC)cc1. The number of furan rings is 1. The largest absolute Gasteiger partial charge is 0.463 e. The number of anilines is 1. The molecule has 216 valence electrons. The predicted molar refractivity (Wildman–Crippen MR) is 169 cm³/mol. The van der Waals surface area contributed by atoms with E-state index >= 15 is 0 Å². The summed E-state index contributed by atoms with van der Waals surface area (Å²) in [6.45, 7) is 4.68. The fourth-order valence-electron chi connectivity index (χ4n) is 5.10. The molecule has 1 saturated heterocycles. The predicted octanol–water partition coefficient (Wildman–Crippen LogP) is 4.85. The van der Waals surface area contributed by atoms with Crippen LogP contribution in [0.4, 0.5) is 5.88 Å². The fraction of sp³-hybridized carbons (Fsp3) is 0.258. The molecule has 11 heteroatoms.